The van der Waals surface area contributed by atoms with Gasteiger partial charge in [0, 0.05) is 25.8 Å². The minimum absolute atomic E-state index is 0.0833. The Kier molecular flexibility index (Phi) is 6.27. The second kappa shape index (κ2) is 7.72. The molecular weight excluding hydrogens is 258 g/mol. The summed E-state index contributed by atoms with van der Waals surface area (Å²) in [5, 5.41) is 14.8. The van der Waals surface area contributed by atoms with Crippen molar-refractivity contribution >= 4 is 5.84 Å². The minimum atomic E-state index is -0.178. The van der Waals surface area contributed by atoms with Crippen molar-refractivity contribution in [3.8, 4) is 5.75 Å². The first-order valence-corrected chi connectivity index (χ1v) is 6.45. The van der Waals surface area contributed by atoms with Crippen molar-refractivity contribution in [2.75, 3.05) is 26.8 Å². The Balaban J connectivity index is 2.29. The maximum Gasteiger partial charge on any atom is 0.170 e. The molecule has 0 aromatic heterocycles. The molecule has 1 aromatic rings. The van der Waals surface area contributed by atoms with E-state index in [0.29, 0.717) is 12.2 Å². The summed E-state index contributed by atoms with van der Waals surface area (Å²) in [7, 11) is 1.70. The molecule has 0 atom stereocenters. The van der Waals surface area contributed by atoms with E-state index in [1.807, 2.05) is 13.8 Å². The maximum atomic E-state index is 8.56. The van der Waals surface area contributed by atoms with Gasteiger partial charge in [-0.3, -0.25) is 0 Å². The number of hydrogen-bond acceptors (Lipinski definition) is 5. The largest absolute Gasteiger partial charge is 0.492 e. The molecule has 6 nitrogen and oxygen atoms in total. The molecule has 0 unspecified atom stereocenters. The van der Waals surface area contributed by atoms with Crippen LogP contribution >= 0.6 is 0 Å². The third-order valence-electron chi connectivity index (χ3n) is 2.91. The lowest BCUT2D eigenvalue weighted by Crippen LogP contribution is -2.38. The predicted octanol–water partition coefficient (Wildman–Crippen LogP) is 1.17. The van der Waals surface area contributed by atoms with E-state index in [4.69, 9.17) is 20.4 Å². The van der Waals surface area contributed by atoms with E-state index in [9.17, 15) is 0 Å². The summed E-state index contributed by atoms with van der Waals surface area (Å²) in [6, 6.07) is 7.05. The number of amidine groups is 1. The number of benzene rings is 1. The SMILES string of the molecule is COC(C)(C)CNCCOc1ccc(/C(N)=N/O)cc1. The van der Waals surface area contributed by atoms with Gasteiger partial charge in [0.05, 0.1) is 5.60 Å². The number of methoxy groups -OCH3 is 1. The second-order valence-corrected chi connectivity index (χ2v) is 5.00. The fourth-order valence-corrected chi connectivity index (χ4v) is 1.48. The number of nitrogens with one attached hydrogen (secondary N) is 1. The van der Waals surface area contributed by atoms with Crippen molar-refractivity contribution in [1.29, 1.82) is 0 Å². The highest BCUT2D eigenvalue weighted by Gasteiger charge is 2.14. The molecular formula is C14H23N3O3. The average molecular weight is 281 g/mol. The summed E-state index contributed by atoms with van der Waals surface area (Å²) in [5.74, 6) is 0.826. The highest BCUT2D eigenvalue weighted by atomic mass is 16.5. The zero-order valence-electron chi connectivity index (χ0n) is 12.2. The van der Waals surface area contributed by atoms with Crippen LogP contribution in [0.3, 0.4) is 0 Å². The van der Waals surface area contributed by atoms with Gasteiger partial charge < -0.3 is 25.7 Å². The van der Waals surface area contributed by atoms with Crippen LogP contribution in [0, 0.1) is 0 Å². The molecule has 6 heteroatoms. The van der Waals surface area contributed by atoms with E-state index < -0.39 is 0 Å². The van der Waals surface area contributed by atoms with Gasteiger partial charge in [-0.1, -0.05) is 5.16 Å². The molecule has 0 bridgehead atoms. The number of oxime groups is 1. The van der Waals surface area contributed by atoms with E-state index >= 15 is 0 Å². The van der Waals surface area contributed by atoms with Crippen LogP contribution in [0.4, 0.5) is 0 Å². The first-order chi connectivity index (χ1) is 9.48. The van der Waals surface area contributed by atoms with E-state index in [1.54, 1.807) is 31.4 Å². The summed E-state index contributed by atoms with van der Waals surface area (Å²) in [4.78, 5) is 0. The number of hydrogen-bond donors (Lipinski definition) is 3. The molecule has 1 aromatic carbocycles. The topological polar surface area (TPSA) is 89.1 Å². The monoisotopic (exact) mass is 281 g/mol. The van der Waals surface area contributed by atoms with Crippen LogP contribution in [-0.4, -0.2) is 43.5 Å². The summed E-state index contributed by atoms with van der Waals surface area (Å²) in [6.45, 7) is 6.09. The lowest BCUT2D eigenvalue weighted by atomic mass is 10.1. The van der Waals surface area contributed by atoms with Crippen LogP contribution in [0.2, 0.25) is 0 Å². The van der Waals surface area contributed by atoms with E-state index in [1.165, 1.54) is 0 Å². The Morgan fingerprint density at radius 2 is 2.00 bits per heavy atom. The first kappa shape index (κ1) is 16.3. The number of nitrogens with two attached hydrogens (primary N) is 1. The Hall–Kier alpha value is -1.79. The molecule has 0 saturated heterocycles. The smallest absolute Gasteiger partial charge is 0.170 e. The fraction of sp³-hybridized carbons (Fsp3) is 0.500. The van der Waals surface area contributed by atoms with E-state index in [2.05, 4.69) is 10.5 Å². The van der Waals surface area contributed by atoms with Crippen LogP contribution < -0.4 is 15.8 Å². The number of ether oxygens (including phenoxy) is 2. The predicted molar refractivity (Wildman–Crippen MR) is 78.4 cm³/mol. The summed E-state index contributed by atoms with van der Waals surface area (Å²) < 4.78 is 10.9. The maximum absolute atomic E-state index is 8.56. The first-order valence-electron chi connectivity index (χ1n) is 6.45. The fourth-order valence-electron chi connectivity index (χ4n) is 1.48. The molecule has 0 aliphatic heterocycles. The van der Waals surface area contributed by atoms with Crippen molar-refractivity contribution in [3.63, 3.8) is 0 Å². The average Bonchev–Trinajstić information content (AvgIpc) is 2.46. The highest BCUT2D eigenvalue weighted by molar-refractivity contribution is 5.97. The Labute approximate surface area is 119 Å². The molecule has 0 heterocycles. The molecule has 0 spiro atoms. The van der Waals surface area contributed by atoms with Gasteiger partial charge >= 0.3 is 0 Å². The van der Waals surface area contributed by atoms with Crippen LogP contribution in [-0.2, 0) is 4.74 Å². The van der Waals surface area contributed by atoms with Crippen LogP contribution in [0.1, 0.15) is 19.4 Å². The molecule has 1 rings (SSSR count). The van der Waals surface area contributed by atoms with Crippen molar-refractivity contribution in [3.05, 3.63) is 29.8 Å². The van der Waals surface area contributed by atoms with Gasteiger partial charge in [0.25, 0.3) is 0 Å². The molecule has 0 saturated carbocycles. The van der Waals surface area contributed by atoms with Gasteiger partial charge in [-0.15, -0.1) is 0 Å². The van der Waals surface area contributed by atoms with Gasteiger partial charge in [0.1, 0.15) is 12.4 Å². The third-order valence-corrected chi connectivity index (χ3v) is 2.91. The summed E-state index contributed by atoms with van der Waals surface area (Å²) >= 11 is 0. The minimum Gasteiger partial charge on any atom is -0.492 e. The quantitative estimate of drug-likeness (QED) is 0.219. The van der Waals surface area contributed by atoms with Crippen molar-refractivity contribution in [1.82, 2.24) is 5.32 Å². The van der Waals surface area contributed by atoms with Crippen LogP contribution in [0.5, 0.6) is 5.75 Å². The van der Waals surface area contributed by atoms with Crippen molar-refractivity contribution in [2.24, 2.45) is 10.9 Å². The van der Waals surface area contributed by atoms with Crippen LogP contribution in [0.25, 0.3) is 0 Å². The van der Waals surface area contributed by atoms with Crippen LogP contribution in [0.15, 0.2) is 29.4 Å². The van der Waals surface area contributed by atoms with Gasteiger partial charge in [0.2, 0.25) is 0 Å². The molecule has 0 radical (unpaired) electrons. The summed E-state index contributed by atoms with van der Waals surface area (Å²) in [6.07, 6.45) is 0. The lowest BCUT2D eigenvalue weighted by molar-refractivity contribution is 0.0229. The normalized spacial score (nSPS) is 12.4. The zero-order chi connectivity index (χ0) is 15.0. The molecule has 0 amide bonds. The van der Waals surface area contributed by atoms with Gasteiger partial charge in [-0.25, -0.2) is 0 Å². The Bertz CT molecular complexity index is 430. The van der Waals surface area contributed by atoms with Crippen molar-refractivity contribution in [2.45, 2.75) is 19.4 Å². The molecule has 0 aliphatic carbocycles. The van der Waals surface area contributed by atoms with Gasteiger partial charge in [-0.05, 0) is 38.1 Å². The van der Waals surface area contributed by atoms with E-state index in [-0.39, 0.29) is 11.4 Å². The Morgan fingerprint density at radius 1 is 1.35 bits per heavy atom. The van der Waals surface area contributed by atoms with Gasteiger partial charge in [-0.2, -0.15) is 0 Å². The highest BCUT2D eigenvalue weighted by Crippen LogP contribution is 2.11. The summed E-state index contributed by atoms with van der Waals surface area (Å²) in [5.41, 5.74) is 5.95. The molecule has 112 valence electrons. The number of rotatable bonds is 8. The molecule has 20 heavy (non-hydrogen) atoms. The molecule has 0 aliphatic rings. The Morgan fingerprint density at radius 3 is 2.55 bits per heavy atom. The molecule has 4 N–H and O–H groups in total. The van der Waals surface area contributed by atoms with Crippen molar-refractivity contribution < 1.29 is 14.7 Å². The lowest BCUT2D eigenvalue weighted by Gasteiger charge is -2.23. The second-order valence-electron chi connectivity index (χ2n) is 5.00. The standard InChI is InChI=1S/C14H23N3O3/c1-14(2,19-3)10-16-8-9-20-12-6-4-11(5-7-12)13(15)17-18/h4-7,16,18H,8-10H2,1-3H3,(H2,15,17). The van der Waals surface area contributed by atoms with Gasteiger partial charge in [0.15, 0.2) is 5.84 Å². The molecule has 0 fully saturated rings. The zero-order valence-corrected chi connectivity index (χ0v) is 12.2. The number of nitrogens with zero attached hydrogens (tertiary/aromatic N) is 1. The van der Waals surface area contributed by atoms with E-state index in [0.717, 1.165) is 18.8 Å². The third kappa shape index (κ3) is 5.46.